The maximum atomic E-state index is 13.1. The molecule has 17 heavy (non-hydrogen) atoms. The van der Waals surface area contributed by atoms with E-state index in [1.807, 2.05) is 6.92 Å². The molecule has 0 radical (unpaired) electrons. The van der Waals surface area contributed by atoms with Gasteiger partial charge in [-0.25, -0.2) is 4.39 Å². The highest BCUT2D eigenvalue weighted by molar-refractivity contribution is 5.95. The van der Waals surface area contributed by atoms with Crippen LogP contribution in [0.5, 0.6) is 0 Å². The SMILES string of the molecule is CC(CO)C(C)NC(=O)c1cc(N)cc(F)c1. The number of nitrogen functional groups attached to an aromatic ring is 1. The van der Waals surface area contributed by atoms with Gasteiger partial charge in [0.1, 0.15) is 5.82 Å². The van der Waals surface area contributed by atoms with Gasteiger partial charge in [-0.05, 0) is 31.0 Å². The molecule has 0 heterocycles. The molecule has 0 spiro atoms. The predicted molar refractivity (Wildman–Crippen MR) is 64.0 cm³/mol. The molecule has 1 rings (SSSR count). The first-order valence-corrected chi connectivity index (χ1v) is 5.42. The molecule has 0 aliphatic rings. The van der Waals surface area contributed by atoms with Crippen LogP contribution >= 0.6 is 0 Å². The number of carbonyl (C=O) groups excluding carboxylic acids is 1. The Hall–Kier alpha value is -1.62. The lowest BCUT2D eigenvalue weighted by molar-refractivity contribution is 0.0916. The molecule has 2 atom stereocenters. The standard InChI is InChI=1S/C12H17FN2O2/c1-7(6-16)8(2)15-12(17)9-3-10(13)5-11(14)4-9/h3-5,7-8,16H,6,14H2,1-2H3,(H,15,17). The second kappa shape index (κ2) is 5.63. The van der Waals surface area contributed by atoms with Crippen molar-refractivity contribution in [2.45, 2.75) is 19.9 Å². The zero-order valence-electron chi connectivity index (χ0n) is 9.90. The monoisotopic (exact) mass is 240 g/mol. The summed E-state index contributed by atoms with van der Waals surface area (Å²) in [4.78, 5) is 11.8. The molecule has 0 aromatic heterocycles. The van der Waals surface area contributed by atoms with E-state index in [0.29, 0.717) is 0 Å². The van der Waals surface area contributed by atoms with Crippen molar-refractivity contribution >= 4 is 11.6 Å². The van der Waals surface area contributed by atoms with Crippen molar-refractivity contribution in [1.29, 1.82) is 0 Å². The van der Waals surface area contributed by atoms with Gasteiger partial charge < -0.3 is 16.2 Å². The van der Waals surface area contributed by atoms with Gasteiger partial charge in [-0.3, -0.25) is 4.79 Å². The Bertz CT molecular complexity index is 389. The predicted octanol–water partition coefficient (Wildman–Crippen LogP) is 1.15. The average Bonchev–Trinajstić information content (AvgIpc) is 2.26. The Labute approximate surface area is 99.6 Å². The van der Waals surface area contributed by atoms with E-state index in [1.165, 1.54) is 6.07 Å². The van der Waals surface area contributed by atoms with Crippen LogP contribution < -0.4 is 11.1 Å². The number of nitrogens with two attached hydrogens (primary N) is 1. The number of aliphatic hydroxyl groups excluding tert-OH is 1. The van der Waals surface area contributed by atoms with Crippen molar-refractivity contribution in [2.75, 3.05) is 12.3 Å². The van der Waals surface area contributed by atoms with Gasteiger partial charge >= 0.3 is 0 Å². The minimum Gasteiger partial charge on any atom is -0.399 e. The zero-order valence-corrected chi connectivity index (χ0v) is 9.90. The summed E-state index contributed by atoms with van der Waals surface area (Å²) in [5, 5.41) is 11.6. The number of hydrogen-bond donors (Lipinski definition) is 3. The van der Waals surface area contributed by atoms with Crippen LogP contribution in [-0.4, -0.2) is 23.7 Å². The van der Waals surface area contributed by atoms with Gasteiger partial charge in [-0.15, -0.1) is 0 Å². The summed E-state index contributed by atoms with van der Waals surface area (Å²) < 4.78 is 13.1. The summed E-state index contributed by atoms with van der Waals surface area (Å²) in [6, 6.07) is 3.49. The highest BCUT2D eigenvalue weighted by atomic mass is 19.1. The van der Waals surface area contributed by atoms with Crippen molar-refractivity contribution in [3.05, 3.63) is 29.6 Å². The summed E-state index contributed by atoms with van der Waals surface area (Å²) in [5.41, 5.74) is 5.84. The van der Waals surface area contributed by atoms with Crippen LogP contribution in [0, 0.1) is 11.7 Å². The maximum absolute atomic E-state index is 13.1. The van der Waals surface area contributed by atoms with Gasteiger partial charge in [0.25, 0.3) is 5.91 Å². The van der Waals surface area contributed by atoms with Crippen molar-refractivity contribution < 1.29 is 14.3 Å². The van der Waals surface area contributed by atoms with Crippen LogP contribution in [0.2, 0.25) is 0 Å². The Balaban J connectivity index is 2.76. The molecule has 4 nitrogen and oxygen atoms in total. The minimum absolute atomic E-state index is 0.0211. The van der Waals surface area contributed by atoms with E-state index >= 15 is 0 Å². The molecule has 0 aliphatic heterocycles. The topological polar surface area (TPSA) is 75.3 Å². The van der Waals surface area contributed by atoms with E-state index in [9.17, 15) is 9.18 Å². The highest BCUT2D eigenvalue weighted by Gasteiger charge is 2.15. The van der Waals surface area contributed by atoms with Gasteiger partial charge in [0.05, 0.1) is 0 Å². The van der Waals surface area contributed by atoms with E-state index in [1.54, 1.807) is 6.92 Å². The number of benzene rings is 1. The third-order valence-corrected chi connectivity index (χ3v) is 2.68. The Morgan fingerprint density at radius 1 is 1.47 bits per heavy atom. The van der Waals surface area contributed by atoms with E-state index < -0.39 is 11.7 Å². The average molecular weight is 240 g/mol. The van der Waals surface area contributed by atoms with Crippen LogP contribution in [-0.2, 0) is 0 Å². The van der Waals surface area contributed by atoms with E-state index in [0.717, 1.165) is 12.1 Å². The van der Waals surface area contributed by atoms with Gasteiger partial charge in [0.2, 0.25) is 0 Å². The van der Waals surface area contributed by atoms with Crippen molar-refractivity contribution in [1.82, 2.24) is 5.32 Å². The normalized spacial score (nSPS) is 14.1. The van der Waals surface area contributed by atoms with E-state index in [-0.39, 0.29) is 29.8 Å². The van der Waals surface area contributed by atoms with E-state index in [4.69, 9.17) is 10.8 Å². The Morgan fingerprint density at radius 3 is 2.65 bits per heavy atom. The largest absolute Gasteiger partial charge is 0.399 e. The van der Waals surface area contributed by atoms with Crippen LogP contribution in [0.4, 0.5) is 10.1 Å². The number of rotatable bonds is 4. The summed E-state index contributed by atoms with van der Waals surface area (Å²) in [7, 11) is 0. The Kier molecular flexibility index (Phi) is 4.45. The first kappa shape index (κ1) is 13.4. The lowest BCUT2D eigenvalue weighted by Gasteiger charge is -2.19. The molecule has 0 saturated carbocycles. The number of carbonyl (C=O) groups is 1. The third kappa shape index (κ3) is 3.71. The third-order valence-electron chi connectivity index (χ3n) is 2.68. The summed E-state index contributed by atoms with van der Waals surface area (Å²) >= 11 is 0. The summed E-state index contributed by atoms with van der Waals surface area (Å²) in [6.45, 7) is 3.57. The van der Waals surface area contributed by atoms with Crippen LogP contribution in [0.25, 0.3) is 0 Å². The zero-order chi connectivity index (χ0) is 13.0. The summed E-state index contributed by atoms with van der Waals surface area (Å²) in [6.07, 6.45) is 0. The highest BCUT2D eigenvalue weighted by Crippen LogP contribution is 2.11. The molecule has 0 fully saturated rings. The first-order chi connectivity index (χ1) is 7.93. The summed E-state index contributed by atoms with van der Waals surface area (Å²) in [5.74, 6) is -1.01. The molecule has 2 unspecified atom stereocenters. The smallest absolute Gasteiger partial charge is 0.251 e. The van der Waals surface area contributed by atoms with Crippen molar-refractivity contribution in [2.24, 2.45) is 5.92 Å². The number of halogens is 1. The minimum atomic E-state index is -0.544. The van der Waals surface area contributed by atoms with Crippen molar-refractivity contribution in [3.63, 3.8) is 0 Å². The van der Waals surface area contributed by atoms with Gasteiger partial charge in [-0.1, -0.05) is 6.92 Å². The lowest BCUT2D eigenvalue weighted by Crippen LogP contribution is -2.38. The van der Waals surface area contributed by atoms with Crippen molar-refractivity contribution in [3.8, 4) is 0 Å². The number of amides is 1. The molecular weight excluding hydrogens is 223 g/mol. The lowest BCUT2D eigenvalue weighted by atomic mass is 10.0. The molecule has 94 valence electrons. The van der Waals surface area contributed by atoms with Gasteiger partial charge in [0, 0.05) is 23.9 Å². The van der Waals surface area contributed by atoms with Gasteiger partial charge in [-0.2, -0.15) is 0 Å². The fourth-order valence-electron chi connectivity index (χ4n) is 1.33. The van der Waals surface area contributed by atoms with Crippen LogP contribution in [0.1, 0.15) is 24.2 Å². The molecular formula is C12H17FN2O2. The number of anilines is 1. The fourth-order valence-corrected chi connectivity index (χ4v) is 1.33. The van der Waals surface area contributed by atoms with Crippen LogP contribution in [0.15, 0.2) is 18.2 Å². The number of nitrogens with one attached hydrogen (secondary N) is 1. The molecule has 0 aliphatic carbocycles. The van der Waals surface area contributed by atoms with E-state index in [2.05, 4.69) is 5.32 Å². The quantitative estimate of drug-likeness (QED) is 0.691. The fraction of sp³-hybridized carbons (Fsp3) is 0.417. The molecule has 1 aromatic carbocycles. The molecule has 0 saturated heterocycles. The second-order valence-electron chi connectivity index (χ2n) is 4.20. The van der Waals surface area contributed by atoms with Gasteiger partial charge in [0.15, 0.2) is 0 Å². The molecule has 5 heteroatoms. The number of aliphatic hydroxyl groups is 1. The number of hydrogen-bond acceptors (Lipinski definition) is 3. The van der Waals surface area contributed by atoms with Crippen LogP contribution in [0.3, 0.4) is 0 Å². The molecule has 4 N–H and O–H groups in total. The first-order valence-electron chi connectivity index (χ1n) is 5.42. The molecule has 1 amide bonds. The molecule has 0 bridgehead atoms. The maximum Gasteiger partial charge on any atom is 0.251 e. The Morgan fingerprint density at radius 2 is 2.12 bits per heavy atom. The second-order valence-corrected chi connectivity index (χ2v) is 4.20. The molecule has 1 aromatic rings.